The largest absolute Gasteiger partial charge is 0.466 e. The van der Waals surface area contributed by atoms with E-state index in [4.69, 9.17) is 4.74 Å². The minimum atomic E-state index is -0.0471. The Morgan fingerprint density at radius 3 is 2.55 bits per heavy atom. The van der Waals surface area contributed by atoms with E-state index < -0.39 is 0 Å². The standard InChI is InChI=1S/C17H33NO2/c1-3-16(15-11-7-5-8-12-15)18-14-10-6-9-13-17(19)20-4-2/h15-16,18H,3-14H2,1-2H3. The van der Waals surface area contributed by atoms with Crippen molar-refractivity contribution in [2.75, 3.05) is 13.2 Å². The van der Waals surface area contributed by atoms with Crippen molar-refractivity contribution in [3.05, 3.63) is 0 Å². The summed E-state index contributed by atoms with van der Waals surface area (Å²) < 4.78 is 4.93. The summed E-state index contributed by atoms with van der Waals surface area (Å²) in [5, 5.41) is 3.74. The number of unbranched alkanes of at least 4 members (excludes halogenated alkanes) is 2. The Hall–Kier alpha value is -0.570. The number of carbonyl (C=O) groups excluding carboxylic acids is 1. The summed E-state index contributed by atoms with van der Waals surface area (Å²) in [5.74, 6) is 0.849. The predicted molar refractivity (Wildman–Crippen MR) is 83.8 cm³/mol. The first-order valence-corrected chi connectivity index (χ1v) is 8.66. The SMILES string of the molecule is CCOC(=O)CCCCCNC(CC)C1CCCCC1. The Bertz CT molecular complexity index is 249. The minimum Gasteiger partial charge on any atom is -0.466 e. The molecule has 0 aromatic rings. The van der Waals surface area contributed by atoms with Crippen molar-refractivity contribution in [1.82, 2.24) is 5.32 Å². The van der Waals surface area contributed by atoms with E-state index in [1.54, 1.807) is 0 Å². The van der Waals surface area contributed by atoms with Crippen LogP contribution in [0, 0.1) is 5.92 Å². The molecule has 0 amide bonds. The number of ether oxygens (including phenoxy) is 1. The molecule has 3 heteroatoms. The quantitative estimate of drug-likeness (QED) is 0.485. The van der Waals surface area contributed by atoms with Gasteiger partial charge in [-0.2, -0.15) is 0 Å². The van der Waals surface area contributed by atoms with Gasteiger partial charge in [0.2, 0.25) is 0 Å². The summed E-state index contributed by atoms with van der Waals surface area (Å²) in [4.78, 5) is 11.2. The van der Waals surface area contributed by atoms with E-state index >= 15 is 0 Å². The molecule has 0 heterocycles. The van der Waals surface area contributed by atoms with Crippen LogP contribution in [0.2, 0.25) is 0 Å². The average molecular weight is 283 g/mol. The van der Waals surface area contributed by atoms with Gasteiger partial charge >= 0.3 is 5.97 Å². The third-order valence-electron chi connectivity index (χ3n) is 4.43. The van der Waals surface area contributed by atoms with Crippen molar-refractivity contribution in [3.63, 3.8) is 0 Å². The maximum Gasteiger partial charge on any atom is 0.305 e. The highest BCUT2D eigenvalue weighted by Crippen LogP contribution is 2.27. The molecule has 1 atom stereocenters. The zero-order valence-corrected chi connectivity index (χ0v) is 13.5. The second-order valence-electron chi connectivity index (χ2n) is 5.98. The smallest absolute Gasteiger partial charge is 0.305 e. The fourth-order valence-corrected chi connectivity index (χ4v) is 3.27. The van der Waals surface area contributed by atoms with E-state index in [1.807, 2.05) is 6.92 Å². The van der Waals surface area contributed by atoms with E-state index in [2.05, 4.69) is 12.2 Å². The molecule has 20 heavy (non-hydrogen) atoms. The van der Waals surface area contributed by atoms with Gasteiger partial charge in [0.05, 0.1) is 6.61 Å². The van der Waals surface area contributed by atoms with E-state index in [9.17, 15) is 4.79 Å². The van der Waals surface area contributed by atoms with Gasteiger partial charge in [-0.15, -0.1) is 0 Å². The fourth-order valence-electron chi connectivity index (χ4n) is 3.27. The molecule has 1 aliphatic rings. The van der Waals surface area contributed by atoms with Crippen molar-refractivity contribution >= 4 is 5.97 Å². The molecule has 1 N–H and O–H groups in total. The van der Waals surface area contributed by atoms with Crippen LogP contribution >= 0.6 is 0 Å². The Balaban J connectivity index is 2.02. The van der Waals surface area contributed by atoms with Crippen molar-refractivity contribution in [1.29, 1.82) is 0 Å². The van der Waals surface area contributed by atoms with Crippen LogP contribution in [0.3, 0.4) is 0 Å². The molecule has 0 aromatic heterocycles. The number of nitrogens with one attached hydrogen (secondary N) is 1. The normalized spacial score (nSPS) is 17.9. The summed E-state index contributed by atoms with van der Waals surface area (Å²) in [6, 6.07) is 0.709. The molecule has 3 nitrogen and oxygen atoms in total. The molecule has 1 saturated carbocycles. The second-order valence-corrected chi connectivity index (χ2v) is 5.98. The van der Waals surface area contributed by atoms with Crippen molar-refractivity contribution in [2.24, 2.45) is 5.92 Å². The van der Waals surface area contributed by atoms with Crippen molar-refractivity contribution < 1.29 is 9.53 Å². The maximum atomic E-state index is 11.2. The second kappa shape index (κ2) is 11.1. The maximum absolute atomic E-state index is 11.2. The number of carbonyl (C=O) groups is 1. The van der Waals surface area contributed by atoms with Gasteiger partial charge in [0, 0.05) is 12.5 Å². The van der Waals surface area contributed by atoms with Gasteiger partial charge in [0.15, 0.2) is 0 Å². The van der Waals surface area contributed by atoms with Crippen LogP contribution in [0.15, 0.2) is 0 Å². The number of hydrogen-bond acceptors (Lipinski definition) is 3. The Labute approximate surface area is 124 Å². The highest BCUT2D eigenvalue weighted by Gasteiger charge is 2.21. The topological polar surface area (TPSA) is 38.3 Å². The Kier molecular flexibility index (Phi) is 9.73. The molecule has 1 unspecified atom stereocenters. The third kappa shape index (κ3) is 7.28. The molecule has 0 aromatic carbocycles. The van der Waals surface area contributed by atoms with E-state index in [-0.39, 0.29) is 5.97 Å². The summed E-state index contributed by atoms with van der Waals surface area (Å²) in [6.45, 7) is 5.75. The molecule has 0 bridgehead atoms. The van der Waals surface area contributed by atoms with Gasteiger partial charge in [-0.3, -0.25) is 4.79 Å². The van der Waals surface area contributed by atoms with Crippen LogP contribution in [0.5, 0.6) is 0 Å². The van der Waals surface area contributed by atoms with E-state index in [1.165, 1.54) is 44.9 Å². The van der Waals surface area contributed by atoms with Crippen LogP contribution in [0.4, 0.5) is 0 Å². The lowest BCUT2D eigenvalue weighted by molar-refractivity contribution is -0.143. The molecule has 0 spiro atoms. The van der Waals surface area contributed by atoms with Crippen molar-refractivity contribution in [3.8, 4) is 0 Å². The van der Waals surface area contributed by atoms with Crippen LogP contribution < -0.4 is 5.32 Å². The van der Waals surface area contributed by atoms with Gasteiger partial charge in [0.25, 0.3) is 0 Å². The fraction of sp³-hybridized carbons (Fsp3) is 0.941. The summed E-state index contributed by atoms with van der Waals surface area (Å²) in [7, 11) is 0. The van der Waals surface area contributed by atoms with Gasteiger partial charge in [-0.1, -0.05) is 32.6 Å². The molecular weight excluding hydrogens is 250 g/mol. The molecule has 0 radical (unpaired) electrons. The number of esters is 1. The number of hydrogen-bond donors (Lipinski definition) is 1. The van der Waals surface area contributed by atoms with Gasteiger partial charge < -0.3 is 10.1 Å². The lowest BCUT2D eigenvalue weighted by atomic mass is 9.83. The average Bonchev–Trinajstić information content (AvgIpc) is 2.48. The molecule has 118 valence electrons. The molecule has 1 aliphatic carbocycles. The first-order valence-electron chi connectivity index (χ1n) is 8.66. The minimum absolute atomic E-state index is 0.0471. The molecule has 1 fully saturated rings. The zero-order chi connectivity index (χ0) is 14.6. The van der Waals surface area contributed by atoms with Crippen LogP contribution in [-0.2, 0) is 9.53 Å². The van der Waals surface area contributed by atoms with Gasteiger partial charge in [-0.25, -0.2) is 0 Å². The Morgan fingerprint density at radius 2 is 1.90 bits per heavy atom. The predicted octanol–water partition coefficient (Wildman–Crippen LogP) is 4.06. The lowest BCUT2D eigenvalue weighted by Crippen LogP contribution is -2.37. The first kappa shape index (κ1) is 17.5. The molecule has 1 rings (SSSR count). The third-order valence-corrected chi connectivity index (χ3v) is 4.43. The molecule has 0 saturated heterocycles. The van der Waals surface area contributed by atoms with Gasteiger partial charge in [-0.05, 0) is 51.5 Å². The van der Waals surface area contributed by atoms with Crippen LogP contribution in [0.1, 0.15) is 78.1 Å². The molecular formula is C17H33NO2. The van der Waals surface area contributed by atoms with Crippen LogP contribution in [-0.4, -0.2) is 25.2 Å². The first-order chi connectivity index (χ1) is 9.77. The lowest BCUT2D eigenvalue weighted by Gasteiger charge is -2.30. The zero-order valence-electron chi connectivity index (χ0n) is 13.5. The summed E-state index contributed by atoms with van der Waals surface area (Å²) >= 11 is 0. The molecule has 0 aliphatic heterocycles. The monoisotopic (exact) mass is 283 g/mol. The summed E-state index contributed by atoms with van der Waals surface area (Å²) in [5.41, 5.74) is 0. The van der Waals surface area contributed by atoms with E-state index in [0.29, 0.717) is 19.1 Å². The van der Waals surface area contributed by atoms with E-state index in [0.717, 1.165) is 25.3 Å². The summed E-state index contributed by atoms with van der Waals surface area (Å²) in [6.07, 6.45) is 12.2. The highest BCUT2D eigenvalue weighted by molar-refractivity contribution is 5.69. The number of rotatable bonds is 10. The van der Waals surface area contributed by atoms with Crippen molar-refractivity contribution in [2.45, 2.75) is 84.1 Å². The van der Waals surface area contributed by atoms with Gasteiger partial charge in [0.1, 0.15) is 0 Å². The highest BCUT2D eigenvalue weighted by atomic mass is 16.5. The Morgan fingerprint density at radius 1 is 1.15 bits per heavy atom. The van der Waals surface area contributed by atoms with Crippen LogP contribution in [0.25, 0.3) is 0 Å².